The molecule has 0 atom stereocenters. The number of anilines is 1. The molecule has 5 nitrogen and oxygen atoms in total. The molecule has 18 heavy (non-hydrogen) atoms. The molecule has 2 aromatic rings. The molecule has 3 N–H and O–H groups in total. The van der Waals surface area contributed by atoms with Crippen LogP contribution in [-0.2, 0) is 13.0 Å². The van der Waals surface area contributed by atoms with E-state index >= 15 is 0 Å². The van der Waals surface area contributed by atoms with Crippen molar-refractivity contribution in [2.45, 2.75) is 26.8 Å². The van der Waals surface area contributed by atoms with Crippen molar-refractivity contribution in [2.75, 3.05) is 18.4 Å². The molecule has 0 spiro atoms. The lowest BCUT2D eigenvalue weighted by molar-refractivity contribution is 0.722. The fraction of sp³-hybridized carbons (Fsp3) is 0.500. The van der Waals surface area contributed by atoms with Gasteiger partial charge >= 0.3 is 0 Å². The van der Waals surface area contributed by atoms with Crippen molar-refractivity contribution >= 4 is 27.5 Å². The number of aromatic nitrogens is 2. The number of nitrogens with zero attached hydrogens (tertiary/aromatic N) is 2. The highest BCUT2D eigenvalue weighted by Gasteiger charge is 2.12. The van der Waals surface area contributed by atoms with Crippen LogP contribution in [0.25, 0.3) is 10.2 Å². The van der Waals surface area contributed by atoms with E-state index in [4.69, 9.17) is 5.73 Å². The molecule has 0 bridgehead atoms. The number of aryl methyl sites for hydroxylation is 1. The smallest absolute Gasteiger partial charge is 0.263 e. The topological polar surface area (TPSA) is 72.9 Å². The van der Waals surface area contributed by atoms with Crippen LogP contribution in [0.15, 0.2) is 10.9 Å². The number of hydrogen-bond acceptors (Lipinski definition) is 5. The lowest BCUT2D eigenvalue weighted by Gasteiger charge is -2.11. The molecule has 0 saturated carbocycles. The number of thiophene rings is 1. The zero-order valence-electron chi connectivity index (χ0n) is 10.7. The van der Waals surface area contributed by atoms with E-state index in [-0.39, 0.29) is 5.56 Å². The van der Waals surface area contributed by atoms with E-state index in [1.807, 2.05) is 13.0 Å². The highest BCUT2D eigenvalue weighted by Crippen LogP contribution is 2.23. The Morgan fingerprint density at radius 2 is 2.28 bits per heavy atom. The Morgan fingerprint density at radius 3 is 2.89 bits per heavy atom. The lowest BCUT2D eigenvalue weighted by Crippen LogP contribution is -2.25. The van der Waals surface area contributed by atoms with Gasteiger partial charge in [0.05, 0.1) is 5.39 Å². The van der Waals surface area contributed by atoms with Gasteiger partial charge in [0.25, 0.3) is 5.56 Å². The molecule has 0 fully saturated rings. The summed E-state index contributed by atoms with van der Waals surface area (Å²) in [5, 5.41) is 3.83. The van der Waals surface area contributed by atoms with E-state index in [1.54, 1.807) is 15.9 Å². The minimum atomic E-state index is 0.0259. The predicted molar refractivity (Wildman–Crippen MR) is 76.5 cm³/mol. The maximum atomic E-state index is 12.3. The molecule has 0 aliphatic carbocycles. The van der Waals surface area contributed by atoms with Crippen molar-refractivity contribution in [2.24, 2.45) is 5.73 Å². The first-order valence-electron chi connectivity index (χ1n) is 6.18. The van der Waals surface area contributed by atoms with Crippen LogP contribution in [0.5, 0.6) is 0 Å². The van der Waals surface area contributed by atoms with Gasteiger partial charge in [-0.05, 0) is 19.4 Å². The van der Waals surface area contributed by atoms with Gasteiger partial charge < -0.3 is 11.1 Å². The van der Waals surface area contributed by atoms with Gasteiger partial charge in [0.15, 0.2) is 0 Å². The van der Waals surface area contributed by atoms with Crippen LogP contribution in [-0.4, -0.2) is 22.6 Å². The van der Waals surface area contributed by atoms with E-state index < -0.39 is 0 Å². The Balaban J connectivity index is 2.59. The second-order valence-electron chi connectivity index (χ2n) is 3.99. The molecule has 6 heteroatoms. The van der Waals surface area contributed by atoms with Gasteiger partial charge in [0, 0.05) is 24.5 Å². The van der Waals surface area contributed by atoms with Crippen LogP contribution in [0.1, 0.15) is 18.7 Å². The first-order valence-corrected chi connectivity index (χ1v) is 7.00. The van der Waals surface area contributed by atoms with E-state index in [9.17, 15) is 4.79 Å². The molecule has 2 heterocycles. The summed E-state index contributed by atoms with van der Waals surface area (Å²) in [6.07, 6.45) is 0.929. The summed E-state index contributed by atoms with van der Waals surface area (Å²) in [6.45, 7) is 5.75. The molecule has 2 aromatic heterocycles. The van der Waals surface area contributed by atoms with Crippen LogP contribution in [0.4, 0.5) is 5.95 Å². The zero-order valence-corrected chi connectivity index (χ0v) is 11.5. The largest absolute Gasteiger partial charge is 0.354 e. The number of nitrogens with two attached hydrogens (primary N) is 1. The summed E-state index contributed by atoms with van der Waals surface area (Å²) in [5.74, 6) is 0.616. The first kappa shape index (κ1) is 13.0. The van der Waals surface area contributed by atoms with Crippen molar-refractivity contribution < 1.29 is 0 Å². The average Bonchev–Trinajstić information content (AvgIpc) is 2.80. The second kappa shape index (κ2) is 5.49. The van der Waals surface area contributed by atoms with Crippen molar-refractivity contribution in [3.8, 4) is 0 Å². The number of rotatable bonds is 5. The van der Waals surface area contributed by atoms with E-state index in [0.29, 0.717) is 25.6 Å². The average molecular weight is 266 g/mol. The summed E-state index contributed by atoms with van der Waals surface area (Å²) in [6, 6.07) is 1.95. The predicted octanol–water partition coefficient (Wildman–Crippen LogP) is 1.41. The van der Waals surface area contributed by atoms with Crippen LogP contribution in [0.2, 0.25) is 0 Å². The van der Waals surface area contributed by atoms with E-state index in [1.165, 1.54) is 4.88 Å². The third-order valence-electron chi connectivity index (χ3n) is 2.79. The molecule has 2 rings (SSSR count). The Labute approximate surface area is 110 Å². The molecule has 0 radical (unpaired) electrons. The fourth-order valence-electron chi connectivity index (χ4n) is 1.85. The summed E-state index contributed by atoms with van der Waals surface area (Å²) in [5.41, 5.74) is 5.50. The van der Waals surface area contributed by atoms with Crippen molar-refractivity contribution in [3.05, 3.63) is 21.3 Å². The van der Waals surface area contributed by atoms with E-state index in [0.717, 1.165) is 16.6 Å². The molecular formula is C12H18N4OS. The highest BCUT2D eigenvalue weighted by atomic mass is 32.1. The summed E-state index contributed by atoms with van der Waals surface area (Å²) >= 11 is 1.58. The van der Waals surface area contributed by atoms with Gasteiger partial charge in [0.1, 0.15) is 4.83 Å². The van der Waals surface area contributed by atoms with Gasteiger partial charge in [0.2, 0.25) is 5.95 Å². The van der Waals surface area contributed by atoms with E-state index in [2.05, 4.69) is 17.2 Å². The summed E-state index contributed by atoms with van der Waals surface area (Å²) < 4.78 is 1.66. The van der Waals surface area contributed by atoms with Crippen LogP contribution >= 0.6 is 11.3 Å². The van der Waals surface area contributed by atoms with Crippen molar-refractivity contribution in [3.63, 3.8) is 0 Å². The molecule has 98 valence electrons. The van der Waals surface area contributed by atoms with Gasteiger partial charge in [-0.3, -0.25) is 9.36 Å². The molecule has 0 aliphatic heterocycles. The first-order chi connectivity index (χ1) is 8.71. The van der Waals surface area contributed by atoms with Crippen LogP contribution < -0.4 is 16.6 Å². The quantitative estimate of drug-likeness (QED) is 0.858. The van der Waals surface area contributed by atoms with Crippen molar-refractivity contribution in [1.29, 1.82) is 0 Å². The number of hydrogen-bond donors (Lipinski definition) is 2. The normalized spacial score (nSPS) is 11.1. The maximum Gasteiger partial charge on any atom is 0.263 e. The third kappa shape index (κ3) is 2.26. The third-order valence-corrected chi connectivity index (χ3v) is 3.97. The van der Waals surface area contributed by atoms with Crippen LogP contribution in [0.3, 0.4) is 0 Å². The monoisotopic (exact) mass is 266 g/mol. The van der Waals surface area contributed by atoms with Gasteiger partial charge in [-0.25, -0.2) is 4.98 Å². The molecule has 0 aliphatic rings. The minimum Gasteiger partial charge on any atom is -0.354 e. The maximum absolute atomic E-state index is 12.3. The molecule has 0 aromatic carbocycles. The minimum absolute atomic E-state index is 0.0259. The Morgan fingerprint density at radius 1 is 1.50 bits per heavy atom. The number of fused-ring (bicyclic) bond motifs is 1. The van der Waals surface area contributed by atoms with Gasteiger partial charge in [-0.15, -0.1) is 11.3 Å². The number of nitrogens with one attached hydrogen (secondary N) is 1. The summed E-state index contributed by atoms with van der Waals surface area (Å²) in [7, 11) is 0. The zero-order chi connectivity index (χ0) is 13.1. The molecule has 0 saturated heterocycles. The lowest BCUT2D eigenvalue weighted by atomic mass is 10.3. The molecular weight excluding hydrogens is 248 g/mol. The Hall–Kier alpha value is -1.40. The van der Waals surface area contributed by atoms with Gasteiger partial charge in [-0.1, -0.05) is 6.92 Å². The summed E-state index contributed by atoms with van der Waals surface area (Å²) in [4.78, 5) is 18.9. The molecule has 0 unspecified atom stereocenters. The molecule has 0 amide bonds. The SMILES string of the molecule is CCc1cc2c(=O)n(CC)c(NCCN)nc2s1. The Kier molecular flexibility index (Phi) is 3.98. The standard InChI is InChI=1S/C12H18N4OS/c1-3-8-7-9-10(18-8)15-12(14-6-5-13)16(4-2)11(9)17/h7H,3-6,13H2,1-2H3,(H,14,15). The van der Waals surface area contributed by atoms with Gasteiger partial charge in [-0.2, -0.15) is 0 Å². The van der Waals surface area contributed by atoms with Crippen molar-refractivity contribution in [1.82, 2.24) is 9.55 Å². The highest BCUT2D eigenvalue weighted by molar-refractivity contribution is 7.18. The Bertz CT molecular complexity index is 602. The second-order valence-corrected chi connectivity index (χ2v) is 5.10. The fourth-order valence-corrected chi connectivity index (χ4v) is 2.81. The van der Waals surface area contributed by atoms with Crippen LogP contribution in [0, 0.1) is 0 Å².